The topological polar surface area (TPSA) is 9.23 Å². The second-order valence-corrected chi connectivity index (χ2v) is 2.32. The molecular formula is C8H19LiO. The van der Waals surface area contributed by atoms with Crippen LogP contribution >= 0.6 is 0 Å². The second-order valence-electron chi connectivity index (χ2n) is 2.32. The van der Waals surface area contributed by atoms with Gasteiger partial charge in [-0.25, -0.2) is 0 Å². The monoisotopic (exact) mass is 138 g/mol. The molecule has 10 heavy (non-hydrogen) atoms. The number of ether oxygens (including phenoxy) is 1. The molecule has 0 rings (SSSR count). The zero-order valence-electron chi connectivity index (χ0n) is 8.65. The molecule has 0 spiro atoms. The predicted molar refractivity (Wildman–Crippen MR) is 41.7 cm³/mol. The fourth-order valence-electron chi connectivity index (χ4n) is 0.595. The third-order valence-electron chi connectivity index (χ3n) is 1.28. The van der Waals surface area contributed by atoms with Gasteiger partial charge in [0.05, 0.1) is 0 Å². The summed E-state index contributed by atoms with van der Waals surface area (Å²) in [6, 6.07) is 0. The number of hydrogen-bond acceptors (Lipinski definition) is 1. The molecule has 0 N–H and O–H groups in total. The van der Waals surface area contributed by atoms with Gasteiger partial charge in [0.15, 0.2) is 0 Å². The molecule has 0 aromatic rings. The molecule has 0 aliphatic heterocycles. The summed E-state index contributed by atoms with van der Waals surface area (Å²) < 4.78 is 5.31. The van der Waals surface area contributed by atoms with E-state index in [1.165, 1.54) is 25.7 Å². The molecule has 0 unspecified atom stereocenters. The smallest absolute Gasteiger partial charge is 1.00 e. The Morgan fingerprint density at radius 2 is 1.40 bits per heavy atom. The van der Waals surface area contributed by atoms with E-state index >= 15 is 0 Å². The van der Waals surface area contributed by atoms with Crippen molar-refractivity contribution in [3.05, 3.63) is 0 Å². The molecule has 1 nitrogen and oxygen atoms in total. The average Bonchev–Trinajstić information content (AvgIpc) is 1.89. The van der Waals surface area contributed by atoms with Gasteiger partial charge in [0.1, 0.15) is 0 Å². The standard InChI is InChI=1S/C8H18O.Li.H/c1-3-5-7-9-8-6-4-2;;/h3-8H2,1-2H3;;/q;+1;-1. The quantitative estimate of drug-likeness (QED) is 0.362. The van der Waals surface area contributed by atoms with Gasteiger partial charge in [-0.05, 0) is 12.8 Å². The third kappa shape index (κ3) is 11.4. The summed E-state index contributed by atoms with van der Waals surface area (Å²) in [6.45, 7) is 6.28. The average molecular weight is 138 g/mol. The van der Waals surface area contributed by atoms with E-state index in [9.17, 15) is 0 Å². The zero-order chi connectivity index (χ0) is 6.95. The van der Waals surface area contributed by atoms with Crippen LogP contribution in [0.2, 0.25) is 0 Å². The molecular weight excluding hydrogens is 119 g/mol. The summed E-state index contributed by atoms with van der Waals surface area (Å²) in [7, 11) is 0. The van der Waals surface area contributed by atoms with Gasteiger partial charge in [0.25, 0.3) is 0 Å². The van der Waals surface area contributed by atoms with Gasteiger partial charge < -0.3 is 6.16 Å². The normalized spacial score (nSPS) is 9.00. The van der Waals surface area contributed by atoms with Crippen molar-refractivity contribution in [1.82, 2.24) is 0 Å². The van der Waals surface area contributed by atoms with E-state index in [1.807, 2.05) is 0 Å². The summed E-state index contributed by atoms with van der Waals surface area (Å²) in [5.41, 5.74) is 0. The molecule has 2 heteroatoms. The van der Waals surface area contributed by atoms with Crippen LogP contribution in [0.15, 0.2) is 0 Å². The first-order chi connectivity index (χ1) is 4.41. The third-order valence-corrected chi connectivity index (χ3v) is 1.28. The SMILES string of the molecule is CCCCOCCCC.[H-].[Li+]. The Labute approximate surface area is 78.2 Å². The molecule has 0 amide bonds. The van der Waals surface area contributed by atoms with E-state index in [0.717, 1.165) is 13.2 Å². The van der Waals surface area contributed by atoms with E-state index in [0.29, 0.717) is 0 Å². The van der Waals surface area contributed by atoms with E-state index in [2.05, 4.69) is 13.8 Å². The van der Waals surface area contributed by atoms with Gasteiger partial charge in [0.2, 0.25) is 0 Å². The molecule has 0 aromatic heterocycles. The Morgan fingerprint density at radius 3 is 1.70 bits per heavy atom. The van der Waals surface area contributed by atoms with E-state index < -0.39 is 0 Å². The fraction of sp³-hybridized carbons (Fsp3) is 1.00. The number of hydrogen-bond donors (Lipinski definition) is 0. The van der Waals surface area contributed by atoms with E-state index in [4.69, 9.17) is 4.74 Å². The maximum absolute atomic E-state index is 5.31. The van der Waals surface area contributed by atoms with Crippen LogP contribution in [0.5, 0.6) is 0 Å². The Balaban J connectivity index is -0.000000320. The van der Waals surface area contributed by atoms with Crippen LogP contribution in [-0.2, 0) is 4.74 Å². The molecule has 0 aliphatic carbocycles. The number of rotatable bonds is 6. The Bertz CT molecular complexity index is 47.4. The van der Waals surface area contributed by atoms with Crippen LogP contribution in [0.3, 0.4) is 0 Å². The largest absolute Gasteiger partial charge is 1.00 e. The fourth-order valence-corrected chi connectivity index (χ4v) is 0.595. The van der Waals surface area contributed by atoms with Gasteiger partial charge in [-0.2, -0.15) is 0 Å². The molecule has 0 aromatic carbocycles. The van der Waals surface area contributed by atoms with Crippen molar-refractivity contribution in [3.8, 4) is 0 Å². The van der Waals surface area contributed by atoms with E-state index in [-0.39, 0.29) is 20.3 Å². The van der Waals surface area contributed by atoms with Crippen LogP contribution in [-0.4, -0.2) is 13.2 Å². The molecule has 0 radical (unpaired) electrons. The first-order valence-electron chi connectivity index (χ1n) is 3.99. The zero-order valence-corrected chi connectivity index (χ0v) is 7.65. The van der Waals surface area contributed by atoms with Crippen molar-refractivity contribution in [2.75, 3.05) is 13.2 Å². The Hall–Kier alpha value is 0.557. The van der Waals surface area contributed by atoms with Gasteiger partial charge in [-0.1, -0.05) is 26.7 Å². The van der Waals surface area contributed by atoms with Crippen molar-refractivity contribution >= 4 is 0 Å². The Morgan fingerprint density at radius 1 is 1.00 bits per heavy atom. The summed E-state index contributed by atoms with van der Waals surface area (Å²) >= 11 is 0. The van der Waals surface area contributed by atoms with Crippen LogP contribution in [0, 0.1) is 0 Å². The van der Waals surface area contributed by atoms with Crippen LogP contribution in [0.4, 0.5) is 0 Å². The Kier molecular flexibility index (Phi) is 16.1. The van der Waals surface area contributed by atoms with Crippen LogP contribution in [0.1, 0.15) is 41.0 Å². The van der Waals surface area contributed by atoms with Crippen molar-refractivity contribution in [2.24, 2.45) is 0 Å². The molecule has 0 saturated carbocycles. The maximum atomic E-state index is 5.31. The molecule has 0 bridgehead atoms. The van der Waals surface area contributed by atoms with Crippen LogP contribution < -0.4 is 18.9 Å². The molecule has 0 aliphatic rings. The first-order valence-corrected chi connectivity index (χ1v) is 3.99. The van der Waals surface area contributed by atoms with Gasteiger partial charge >= 0.3 is 18.9 Å². The second kappa shape index (κ2) is 12.3. The van der Waals surface area contributed by atoms with Gasteiger partial charge in [-0.15, -0.1) is 0 Å². The molecule has 0 fully saturated rings. The van der Waals surface area contributed by atoms with Crippen molar-refractivity contribution in [2.45, 2.75) is 39.5 Å². The first kappa shape index (κ1) is 13.2. The maximum Gasteiger partial charge on any atom is 1.00 e. The van der Waals surface area contributed by atoms with Crippen molar-refractivity contribution in [1.29, 1.82) is 0 Å². The van der Waals surface area contributed by atoms with Gasteiger partial charge in [0, 0.05) is 13.2 Å². The minimum Gasteiger partial charge on any atom is -1.00 e. The summed E-state index contributed by atoms with van der Waals surface area (Å²) in [4.78, 5) is 0. The van der Waals surface area contributed by atoms with Crippen molar-refractivity contribution in [3.63, 3.8) is 0 Å². The summed E-state index contributed by atoms with van der Waals surface area (Å²) in [6.07, 6.45) is 4.91. The van der Waals surface area contributed by atoms with Crippen molar-refractivity contribution < 1.29 is 25.0 Å². The van der Waals surface area contributed by atoms with E-state index in [1.54, 1.807) is 0 Å². The summed E-state index contributed by atoms with van der Waals surface area (Å²) in [5, 5.41) is 0. The van der Waals surface area contributed by atoms with Gasteiger partial charge in [-0.3, -0.25) is 0 Å². The molecule has 0 saturated heterocycles. The minimum absolute atomic E-state index is 0. The summed E-state index contributed by atoms with van der Waals surface area (Å²) in [5.74, 6) is 0. The molecule has 0 atom stereocenters. The molecule has 0 heterocycles. The van der Waals surface area contributed by atoms with Crippen LogP contribution in [0.25, 0.3) is 0 Å². The predicted octanol–water partition coefficient (Wildman–Crippen LogP) is -0.280. The minimum atomic E-state index is 0. The molecule has 58 valence electrons. The number of unbranched alkanes of at least 4 members (excludes halogenated alkanes) is 2.